The lowest BCUT2D eigenvalue weighted by Gasteiger charge is -2.41. The lowest BCUT2D eigenvalue weighted by atomic mass is 9.85. The van der Waals surface area contributed by atoms with Crippen LogP contribution in [-0.4, -0.2) is 98.3 Å². The number of hydrogen-bond donors (Lipinski definition) is 6. The van der Waals surface area contributed by atoms with Gasteiger partial charge < -0.3 is 39.9 Å². The van der Waals surface area contributed by atoms with Crippen LogP contribution in [0.4, 0.5) is 0 Å². The monoisotopic (exact) mass is 1000 g/mol. The van der Waals surface area contributed by atoms with Crippen molar-refractivity contribution in [2.24, 2.45) is 0 Å². The first-order valence-electron chi connectivity index (χ1n) is 28.5. The Labute approximate surface area is 420 Å². The quantitative estimate of drug-likeness (QED) is 0.0145. The number of unbranched alkanes of at least 4 members (excludes halogenated alkanes) is 35. The van der Waals surface area contributed by atoms with Crippen molar-refractivity contribution < 1.29 is 63.1 Å². The maximum absolute atomic E-state index is 12.9. The van der Waals surface area contributed by atoms with Gasteiger partial charge in [0, 0.05) is 12.8 Å². The number of rotatable bonds is 49. The van der Waals surface area contributed by atoms with Gasteiger partial charge in [-0.15, -0.1) is 0 Å². The highest BCUT2D eigenvalue weighted by molar-refractivity contribution is 7.47. The first-order chi connectivity index (χ1) is 33.4. The van der Waals surface area contributed by atoms with Crippen molar-refractivity contribution in [1.29, 1.82) is 0 Å². The van der Waals surface area contributed by atoms with E-state index in [2.05, 4.69) is 26.0 Å². The summed E-state index contributed by atoms with van der Waals surface area (Å²) < 4.78 is 33.7. The van der Waals surface area contributed by atoms with Crippen LogP contribution in [0.15, 0.2) is 12.2 Å². The molecular formula is C55H105O13P. The number of allylic oxidation sites excluding steroid dienone is 2. The molecule has 0 aliphatic heterocycles. The third-order valence-electron chi connectivity index (χ3n) is 13.6. The molecule has 0 heterocycles. The molecule has 14 heteroatoms. The number of carbonyl (C=O) groups is 2. The molecule has 0 spiro atoms. The van der Waals surface area contributed by atoms with E-state index in [9.17, 15) is 44.6 Å². The zero-order valence-corrected chi connectivity index (χ0v) is 44.8. The van der Waals surface area contributed by atoms with Crippen molar-refractivity contribution in [3.05, 3.63) is 12.2 Å². The molecular weight excluding hydrogens is 900 g/mol. The molecule has 408 valence electrons. The minimum Gasteiger partial charge on any atom is -0.462 e. The molecule has 13 nitrogen and oxygen atoms in total. The highest BCUT2D eigenvalue weighted by Gasteiger charge is 2.51. The smallest absolute Gasteiger partial charge is 0.462 e. The second-order valence-corrected chi connectivity index (χ2v) is 21.6. The van der Waals surface area contributed by atoms with E-state index in [0.717, 1.165) is 38.5 Å². The molecule has 1 fully saturated rings. The van der Waals surface area contributed by atoms with Gasteiger partial charge in [-0.1, -0.05) is 231 Å². The van der Waals surface area contributed by atoms with Gasteiger partial charge in [0.25, 0.3) is 0 Å². The zero-order chi connectivity index (χ0) is 50.6. The topological polar surface area (TPSA) is 210 Å². The third kappa shape index (κ3) is 37.1. The number of phosphoric acid groups is 1. The molecule has 0 amide bonds. The summed E-state index contributed by atoms with van der Waals surface area (Å²) in [7, 11) is -5.12. The van der Waals surface area contributed by atoms with Crippen LogP contribution in [0.25, 0.3) is 0 Å². The van der Waals surface area contributed by atoms with Gasteiger partial charge in [0.2, 0.25) is 0 Å². The lowest BCUT2D eigenvalue weighted by molar-refractivity contribution is -0.220. The number of phosphoric ester groups is 1. The maximum atomic E-state index is 12.9. The molecule has 0 radical (unpaired) electrons. The van der Waals surface area contributed by atoms with Crippen LogP contribution in [0, 0.1) is 0 Å². The van der Waals surface area contributed by atoms with Gasteiger partial charge in [0.15, 0.2) is 6.10 Å². The normalized spacial score (nSPS) is 20.9. The molecule has 0 aromatic carbocycles. The number of aliphatic hydroxyl groups excluding tert-OH is 5. The van der Waals surface area contributed by atoms with E-state index < -0.39 is 75.7 Å². The molecule has 1 aliphatic rings. The molecule has 0 aromatic rings. The van der Waals surface area contributed by atoms with Gasteiger partial charge >= 0.3 is 19.8 Å². The lowest BCUT2D eigenvalue weighted by Crippen LogP contribution is -2.64. The second kappa shape index (κ2) is 45.2. The Kier molecular flexibility index (Phi) is 43.0. The predicted molar refractivity (Wildman–Crippen MR) is 277 cm³/mol. The van der Waals surface area contributed by atoms with Crippen molar-refractivity contribution in [1.82, 2.24) is 0 Å². The highest BCUT2D eigenvalue weighted by Crippen LogP contribution is 2.47. The van der Waals surface area contributed by atoms with Crippen molar-refractivity contribution in [3.8, 4) is 0 Å². The fourth-order valence-corrected chi connectivity index (χ4v) is 10.0. The summed E-state index contributed by atoms with van der Waals surface area (Å²) in [5.41, 5.74) is 0. The van der Waals surface area contributed by atoms with E-state index in [1.165, 1.54) is 193 Å². The van der Waals surface area contributed by atoms with E-state index >= 15 is 0 Å². The van der Waals surface area contributed by atoms with Crippen LogP contribution < -0.4 is 0 Å². The number of hydrogen-bond acceptors (Lipinski definition) is 12. The van der Waals surface area contributed by atoms with Gasteiger partial charge in [-0.25, -0.2) is 4.57 Å². The summed E-state index contributed by atoms with van der Waals surface area (Å²) in [6.45, 7) is 3.36. The summed E-state index contributed by atoms with van der Waals surface area (Å²) in [4.78, 5) is 35.9. The summed E-state index contributed by atoms with van der Waals surface area (Å²) in [6, 6.07) is 0. The van der Waals surface area contributed by atoms with Crippen LogP contribution in [0.5, 0.6) is 0 Å². The number of aliphatic hydroxyl groups is 5. The van der Waals surface area contributed by atoms with Crippen molar-refractivity contribution in [3.63, 3.8) is 0 Å². The summed E-state index contributed by atoms with van der Waals surface area (Å²) in [5, 5.41) is 50.4. The van der Waals surface area contributed by atoms with Crippen molar-refractivity contribution in [2.75, 3.05) is 13.2 Å². The van der Waals surface area contributed by atoms with Crippen LogP contribution >= 0.6 is 7.82 Å². The number of esters is 2. The average Bonchev–Trinajstić information content (AvgIpc) is 3.33. The summed E-state index contributed by atoms with van der Waals surface area (Å²) >= 11 is 0. The zero-order valence-electron chi connectivity index (χ0n) is 43.9. The largest absolute Gasteiger partial charge is 0.472 e. The van der Waals surface area contributed by atoms with Gasteiger partial charge in [-0.3, -0.25) is 18.6 Å². The minimum atomic E-state index is -5.12. The highest BCUT2D eigenvalue weighted by atomic mass is 31.2. The fraction of sp³-hybridized carbons (Fsp3) is 0.927. The number of carbonyl (C=O) groups excluding carboxylic acids is 2. The summed E-state index contributed by atoms with van der Waals surface area (Å²) in [6.07, 6.45) is 38.3. The Morgan fingerprint density at radius 3 is 1.10 bits per heavy atom. The van der Waals surface area contributed by atoms with E-state index in [0.29, 0.717) is 12.8 Å². The van der Waals surface area contributed by atoms with E-state index in [1.807, 2.05) is 0 Å². The van der Waals surface area contributed by atoms with E-state index in [-0.39, 0.29) is 12.8 Å². The molecule has 0 saturated heterocycles. The molecule has 0 bridgehead atoms. The Hall–Kier alpha value is -1.41. The predicted octanol–water partition coefficient (Wildman–Crippen LogP) is 13.0. The Morgan fingerprint density at radius 1 is 0.435 bits per heavy atom. The number of ether oxygens (including phenoxy) is 2. The van der Waals surface area contributed by atoms with Crippen molar-refractivity contribution >= 4 is 19.8 Å². The Morgan fingerprint density at radius 2 is 0.739 bits per heavy atom. The minimum absolute atomic E-state index is 0.104. The van der Waals surface area contributed by atoms with E-state index in [4.69, 9.17) is 18.5 Å². The Bertz CT molecular complexity index is 1250. The molecule has 0 aromatic heterocycles. The summed E-state index contributed by atoms with van der Waals surface area (Å²) in [5.74, 6) is -1.08. The standard InChI is InChI=1S/C55H105O13P/c1-3-5-7-9-11-13-15-17-19-21-23-24-26-27-29-31-33-35-37-39-41-43-48(56)65-45-47(46-66-69(63,64)68-55-53(61)51(59)50(58)52(60)54(55)62)67-49(57)44-42-40-38-36-34-32-30-28-25-22-20-18-16-14-12-10-8-6-4-2/h17,19,47,50-55,58-62H,3-16,18,20-46H2,1-2H3,(H,63,64)/b19-17+/t47-,50?,51-,52?,53?,54?,55?/m0/s1. The van der Waals surface area contributed by atoms with Crippen LogP contribution in [0.1, 0.15) is 271 Å². The molecule has 69 heavy (non-hydrogen) atoms. The first kappa shape index (κ1) is 65.6. The SMILES string of the molecule is CCCCCCCC/C=C/CCCCCCCCCCCCCC(=O)OC[C@@H](COP(=O)(O)OC1C(O)C(O)C(O)[C@H](O)C1O)OC(=O)CCCCCCCCCCCCCCCCCCCCC. The van der Waals surface area contributed by atoms with Crippen LogP contribution in [0.2, 0.25) is 0 Å². The van der Waals surface area contributed by atoms with Gasteiger partial charge in [0.05, 0.1) is 6.61 Å². The maximum Gasteiger partial charge on any atom is 0.472 e. The molecule has 1 rings (SSSR count). The second-order valence-electron chi connectivity index (χ2n) is 20.2. The van der Waals surface area contributed by atoms with E-state index in [1.54, 1.807) is 0 Å². The third-order valence-corrected chi connectivity index (χ3v) is 14.6. The molecule has 8 atom stereocenters. The van der Waals surface area contributed by atoms with Gasteiger partial charge in [0.1, 0.15) is 43.2 Å². The van der Waals surface area contributed by atoms with Crippen LogP contribution in [-0.2, 0) is 32.7 Å². The van der Waals surface area contributed by atoms with Crippen molar-refractivity contribution in [2.45, 2.75) is 313 Å². The van der Waals surface area contributed by atoms with Gasteiger partial charge in [-0.2, -0.15) is 0 Å². The molecule has 1 saturated carbocycles. The first-order valence-corrected chi connectivity index (χ1v) is 30.0. The fourth-order valence-electron chi connectivity index (χ4n) is 9.05. The average molecular weight is 1010 g/mol. The molecule has 6 unspecified atom stereocenters. The Balaban J connectivity index is 2.33. The van der Waals surface area contributed by atoms with Gasteiger partial charge in [-0.05, 0) is 38.5 Å². The molecule has 6 N–H and O–H groups in total. The van der Waals surface area contributed by atoms with Crippen LogP contribution in [0.3, 0.4) is 0 Å². The molecule has 1 aliphatic carbocycles.